The molecule has 3 nitrogen and oxygen atoms in total. The Hall–Kier alpha value is -0.950. The van der Waals surface area contributed by atoms with Crippen molar-refractivity contribution in [2.75, 3.05) is 0 Å². The summed E-state index contributed by atoms with van der Waals surface area (Å²) in [5, 5.41) is 3.88. The van der Waals surface area contributed by atoms with Gasteiger partial charge in [-0.2, -0.15) is 0 Å². The van der Waals surface area contributed by atoms with E-state index in [0.717, 1.165) is 15.4 Å². The Morgan fingerprint density at radius 2 is 2.28 bits per heavy atom. The molecule has 92 valence electrons. The molecule has 0 bridgehead atoms. The Morgan fingerprint density at radius 3 is 2.83 bits per heavy atom. The van der Waals surface area contributed by atoms with Gasteiger partial charge in [0.05, 0.1) is 16.1 Å². The second kappa shape index (κ2) is 4.62. The lowest BCUT2D eigenvalue weighted by Crippen LogP contribution is -2.20. The SMILES string of the molecule is O=c1cc(C(Cl)(c2cscn2)c2cccs2)s[nH]1. The van der Waals surface area contributed by atoms with Crippen molar-refractivity contribution in [1.29, 1.82) is 0 Å². The standard InChI is InChI=1S/C11H7ClN2OS3/c12-11(7-5-16-6-13-7,8-2-1-3-17-8)9-4-10(15)14-18-9/h1-6H,(H,14,15). The number of nitrogens with one attached hydrogen (secondary N) is 1. The highest BCUT2D eigenvalue weighted by atomic mass is 35.5. The van der Waals surface area contributed by atoms with Crippen LogP contribution in [0.5, 0.6) is 0 Å². The second-order valence-electron chi connectivity index (χ2n) is 3.59. The molecule has 0 spiro atoms. The average molecular weight is 315 g/mol. The van der Waals surface area contributed by atoms with E-state index in [1.54, 1.807) is 16.8 Å². The molecule has 1 unspecified atom stereocenters. The first-order valence-corrected chi connectivity index (χ1v) is 8.03. The first kappa shape index (κ1) is 12.1. The summed E-state index contributed by atoms with van der Waals surface area (Å²) in [5.41, 5.74) is 2.37. The number of thiophene rings is 1. The molecule has 0 fully saturated rings. The molecule has 0 aliphatic rings. The molecular formula is C11H7ClN2OS3. The van der Waals surface area contributed by atoms with Crippen molar-refractivity contribution in [1.82, 2.24) is 9.36 Å². The fraction of sp³-hybridized carbons (Fsp3) is 0.0909. The van der Waals surface area contributed by atoms with Gasteiger partial charge in [-0.1, -0.05) is 29.2 Å². The van der Waals surface area contributed by atoms with E-state index in [0.29, 0.717) is 0 Å². The lowest BCUT2D eigenvalue weighted by molar-refractivity contribution is 0.885. The second-order valence-corrected chi connectivity index (χ2v) is 6.67. The van der Waals surface area contributed by atoms with Gasteiger partial charge in [0.25, 0.3) is 5.56 Å². The first-order chi connectivity index (χ1) is 8.71. The Bertz CT molecular complexity index is 650. The number of aromatic amines is 1. The molecule has 1 atom stereocenters. The predicted octanol–water partition coefficient (Wildman–Crippen LogP) is 3.49. The topological polar surface area (TPSA) is 45.8 Å². The van der Waals surface area contributed by atoms with Gasteiger partial charge in [-0.15, -0.1) is 22.7 Å². The number of hydrogen-bond donors (Lipinski definition) is 1. The van der Waals surface area contributed by atoms with E-state index >= 15 is 0 Å². The summed E-state index contributed by atoms with van der Waals surface area (Å²) in [6.07, 6.45) is 0. The highest BCUT2D eigenvalue weighted by molar-refractivity contribution is 7.11. The summed E-state index contributed by atoms with van der Waals surface area (Å²) >= 11 is 11.1. The third-order valence-electron chi connectivity index (χ3n) is 2.51. The van der Waals surface area contributed by atoms with Crippen molar-refractivity contribution in [2.45, 2.75) is 4.87 Å². The van der Waals surface area contributed by atoms with Crippen molar-refractivity contribution in [3.05, 3.63) is 60.3 Å². The van der Waals surface area contributed by atoms with E-state index in [-0.39, 0.29) is 5.56 Å². The molecule has 3 heterocycles. The summed E-state index contributed by atoms with van der Waals surface area (Å²) in [5.74, 6) is 0. The number of aromatic nitrogens is 2. The van der Waals surface area contributed by atoms with Crippen LogP contribution in [-0.4, -0.2) is 9.36 Å². The van der Waals surface area contributed by atoms with E-state index in [9.17, 15) is 4.79 Å². The lowest BCUT2D eigenvalue weighted by atomic mass is 10.0. The monoisotopic (exact) mass is 314 g/mol. The van der Waals surface area contributed by atoms with Gasteiger partial charge in [0.1, 0.15) is 0 Å². The van der Waals surface area contributed by atoms with Gasteiger partial charge in [0.2, 0.25) is 0 Å². The number of halogens is 1. The van der Waals surface area contributed by atoms with Gasteiger partial charge in [-0.25, -0.2) is 4.98 Å². The minimum atomic E-state index is -0.863. The van der Waals surface area contributed by atoms with Crippen LogP contribution in [0.1, 0.15) is 15.4 Å². The van der Waals surface area contributed by atoms with Gasteiger partial charge in [0, 0.05) is 16.3 Å². The van der Waals surface area contributed by atoms with Crippen molar-refractivity contribution < 1.29 is 0 Å². The summed E-state index contributed by atoms with van der Waals surface area (Å²) in [7, 11) is 0. The lowest BCUT2D eigenvalue weighted by Gasteiger charge is -2.22. The van der Waals surface area contributed by atoms with Crippen LogP contribution in [0.3, 0.4) is 0 Å². The number of nitrogens with zero attached hydrogens (tertiary/aromatic N) is 1. The summed E-state index contributed by atoms with van der Waals surface area (Å²) in [6.45, 7) is 0. The van der Waals surface area contributed by atoms with Crippen LogP contribution in [-0.2, 0) is 4.87 Å². The largest absolute Gasteiger partial charge is 0.277 e. The van der Waals surface area contributed by atoms with Crippen LogP contribution in [0.4, 0.5) is 0 Å². The van der Waals surface area contributed by atoms with Crippen molar-refractivity contribution in [3.8, 4) is 0 Å². The summed E-state index contributed by atoms with van der Waals surface area (Å²) in [6, 6.07) is 5.44. The third kappa shape index (κ3) is 1.85. The molecule has 7 heteroatoms. The molecule has 0 radical (unpaired) electrons. The van der Waals surface area contributed by atoms with E-state index in [4.69, 9.17) is 11.6 Å². The zero-order valence-electron chi connectivity index (χ0n) is 8.92. The molecule has 0 saturated carbocycles. The van der Waals surface area contributed by atoms with Gasteiger partial charge in [-0.05, 0) is 11.4 Å². The molecule has 0 saturated heterocycles. The molecule has 0 aromatic carbocycles. The maximum atomic E-state index is 11.4. The van der Waals surface area contributed by atoms with Crippen LogP contribution < -0.4 is 5.56 Å². The maximum absolute atomic E-state index is 11.4. The number of thiazole rings is 1. The van der Waals surface area contributed by atoms with E-state index in [1.165, 1.54) is 28.9 Å². The molecule has 3 aromatic rings. The zero-order valence-corrected chi connectivity index (χ0v) is 12.1. The van der Waals surface area contributed by atoms with Crippen molar-refractivity contribution >= 4 is 45.8 Å². The van der Waals surface area contributed by atoms with Gasteiger partial charge in [-0.3, -0.25) is 9.17 Å². The summed E-state index contributed by atoms with van der Waals surface area (Å²) in [4.78, 5) is 16.5. The molecule has 18 heavy (non-hydrogen) atoms. The Balaban J connectivity index is 2.24. The molecule has 0 aliphatic heterocycles. The Morgan fingerprint density at radius 1 is 1.39 bits per heavy atom. The van der Waals surface area contributed by atoms with Crippen molar-refractivity contribution in [3.63, 3.8) is 0 Å². The van der Waals surface area contributed by atoms with Gasteiger partial charge in [0.15, 0.2) is 4.87 Å². The fourth-order valence-electron chi connectivity index (χ4n) is 1.68. The normalized spacial score (nSPS) is 14.5. The summed E-state index contributed by atoms with van der Waals surface area (Å²) < 4.78 is 2.68. The zero-order chi connectivity index (χ0) is 12.6. The number of hydrogen-bond acceptors (Lipinski definition) is 5. The van der Waals surface area contributed by atoms with E-state index in [1.807, 2.05) is 22.9 Å². The molecule has 1 N–H and O–H groups in total. The Labute approximate surface area is 120 Å². The number of rotatable bonds is 3. The Kier molecular flexibility index (Phi) is 3.11. The first-order valence-electron chi connectivity index (χ1n) is 5.02. The minimum Gasteiger partial charge on any atom is -0.277 e. The van der Waals surface area contributed by atoms with Crippen LogP contribution in [0.15, 0.2) is 39.3 Å². The quantitative estimate of drug-likeness (QED) is 0.752. The fourth-order valence-corrected chi connectivity index (χ4v) is 4.51. The van der Waals surface area contributed by atoms with Gasteiger partial charge >= 0.3 is 0 Å². The molecule has 0 aliphatic carbocycles. The average Bonchev–Trinajstić information content (AvgIpc) is 3.11. The van der Waals surface area contributed by atoms with Crippen LogP contribution in [0, 0.1) is 0 Å². The molecular weight excluding hydrogens is 308 g/mol. The molecule has 3 aromatic heterocycles. The minimum absolute atomic E-state index is 0.133. The van der Waals surface area contributed by atoms with Crippen LogP contribution in [0.2, 0.25) is 0 Å². The van der Waals surface area contributed by atoms with Crippen LogP contribution in [0.25, 0.3) is 0 Å². The maximum Gasteiger partial charge on any atom is 0.258 e. The smallest absolute Gasteiger partial charge is 0.258 e. The third-order valence-corrected chi connectivity index (χ3v) is 5.86. The van der Waals surface area contributed by atoms with Crippen molar-refractivity contribution in [2.24, 2.45) is 0 Å². The highest BCUT2D eigenvalue weighted by Crippen LogP contribution is 2.45. The van der Waals surface area contributed by atoms with Crippen LogP contribution >= 0.6 is 45.8 Å². The molecule has 0 amide bonds. The number of H-pyrrole nitrogens is 1. The highest BCUT2D eigenvalue weighted by Gasteiger charge is 2.38. The van der Waals surface area contributed by atoms with E-state index in [2.05, 4.69) is 9.36 Å². The number of alkyl halides is 1. The van der Waals surface area contributed by atoms with Gasteiger partial charge < -0.3 is 0 Å². The predicted molar refractivity (Wildman–Crippen MR) is 77.1 cm³/mol. The molecule has 3 rings (SSSR count). The van der Waals surface area contributed by atoms with E-state index < -0.39 is 4.87 Å².